The van der Waals surface area contributed by atoms with Crippen LogP contribution in [0.5, 0.6) is 0 Å². The van der Waals surface area contributed by atoms with Crippen molar-refractivity contribution in [3.05, 3.63) is 17.0 Å². The van der Waals surface area contributed by atoms with E-state index in [1.165, 1.54) is 24.9 Å². The molecule has 24 heavy (non-hydrogen) atoms. The standard InChI is InChI=1S/C18H33N5O/c1-6-19-18(20-11-10-17-14(3)21-24-15(17)4)22(5)13-16-9-8-12-23(16)7-2/h16H,6-13H2,1-5H3,(H,19,20). The molecule has 6 nitrogen and oxygen atoms in total. The number of nitrogens with zero attached hydrogens (tertiary/aromatic N) is 4. The van der Waals surface area contributed by atoms with Gasteiger partial charge in [-0.1, -0.05) is 12.1 Å². The molecule has 1 aromatic heterocycles. The van der Waals surface area contributed by atoms with E-state index in [0.29, 0.717) is 6.04 Å². The topological polar surface area (TPSA) is 56.9 Å². The van der Waals surface area contributed by atoms with Gasteiger partial charge in [0.1, 0.15) is 5.76 Å². The minimum Gasteiger partial charge on any atom is -0.361 e. The van der Waals surface area contributed by atoms with Gasteiger partial charge in [0, 0.05) is 38.3 Å². The van der Waals surface area contributed by atoms with E-state index in [1.54, 1.807) is 0 Å². The Morgan fingerprint density at radius 3 is 2.83 bits per heavy atom. The van der Waals surface area contributed by atoms with Crippen molar-refractivity contribution in [2.24, 2.45) is 4.99 Å². The van der Waals surface area contributed by atoms with Crippen LogP contribution in [-0.4, -0.2) is 66.7 Å². The highest BCUT2D eigenvalue weighted by molar-refractivity contribution is 5.79. The number of hydrogen-bond acceptors (Lipinski definition) is 4. The number of rotatable bonds is 7. The molecule has 2 rings (SSSR count). The van der Waals surface area contributed by atoms with Crippen LogP contribution in [0.1, 0.15) is 43.7 Å². The second-order valence-corrected chi connectivity index (χ2v) is 6.59. The number of nitrogens with one attached hydrogen (secondary N) is 1. The summed E-state index contributed by atoms with van der Waals surface area (Å²) in [5, 5.41) is 7.43. The van der Waals surface area contributed by atoms with E-state index in [9.17, 15) is 0 Å². The fraction of sp³-hybridized carbons (Fsp3) is 0.778. The van der Waals surface area contributed by atoms with Crippen LogP contribution < -0.4 is 5.32 Å². The summed E-state index contributed by atoms with van der Waals surface area (Å²) in [4.78, 5) is 9.65. The molecule has 0 aliphatic carbocycles. The lowest BCUT2D eigenvalue weighted by atomic mass is 10.1. The number of aliphatic imine (C=N–C) groups is 1. The van der Waals surface area contributed by atoms with Gasteiger partial charge in [-0.3, -0.25) is 9.89 Å². The van der Waals surface area contributed by atoms with Crippen LogP contribution in [0.4, 0.5) is 0 Å². The van der Waals surface area contributed by atoms with Gasteiger partial charge in [0.2, 0.25) is 0 Å². The van der Waals surface area contributed by atoms with Gasteiger partial charge >= 0.3 is 0 Å². The summed E-state index contributed by atoms with van der Waals surface area (Å²) in [5.41, 5.74) is 2.16. The second kappa shape index (κ2) is 9.06. The summed E-state index contributed by atoms with van der Waals surface area (Å²) in [6.07, 6.45) is 3.47. The normalized spacial score (nSPS) is 19.0. The summed E-state index contributed by atoms with van der Waals surface area (Å²) in [6, 6.07) is 0.645. The molecule has 1 saturated heterocycles. The van der Waals surface area contributed by atoms with Crippen LogP contribution in [0.3, 0.4) is 0 Å². The van der Waals surface area contributed by atoms with Gasteiger partial charge in [-0.15, -0.1) is 0 Å². The molecule has 136 valence electrons. The Morgan fingerprint density at radius 2 is 2.21 bits per heavy atom. The number of aryl methyl sites for hydroxylation is 2. The van der Waals surface area contributed by atoms with Gasteiger partial charge < -0.3 is 14.7 Å². The van der Waals surface area contributed by atoms with Crippen LogP contribution in [0.15, 0.2) is 9.52 Å². The monoisotopic (exact) mass is 335 g/mol. The first kappa shape index (κ1) is 18.8. The zero-order valence-electron chi connectivity index (χ0n) is 15.9. The molecule has 0 saturated carbocycles. The molecule has 2 heterocycles. The Hall–Kier alpha value is -1.56. The molecule has 1 unspecified atom stereocenters. The van der Waals surface area contributed by atoms with E-state index in [2.05, 4.69) is 41.2 Å². The summed E-state index contributed by atoms with van der Waals surface area (Å²) < 4.78 is 5.23. The molecular formula is C18H33N5O. The van der Waals surface area contributed by atoms with Gasteiger partial charge in [-0.25, -0.2) is 0 Å². The van der Waals surface area contributed by atoms with E-state index in [1.807, 2.05) is 13.8 Å². The Kier molecular flexibility index (Phi) is 7.09. The van der Waals surface area contributed by atoms with Crippen molar-refractivity contribution in [3.63, 3.8) is 0 Å². The van der Waals surface area contributed by atoms with E-state index < -0.39 is 0 Å². The highest BCUT2D eigenvalue weighted by Crippen LogP contribution is 2.17. The average molecular weight is 335 g/mol. The van der Waals surface area contributed by atoms with Crippen LogP contribution >= 0.6 is 0 Å². The summed E-state index contributed by atoms with van der Waals surface area (Å²) in [5.74, 6) is 1.90. The third-order valence-electron chi connectivity index (χ3n) is 4.89. The first-order valence-corrected chi connectivity index (χ1v) is 9.22. The number of hydrogen-bond donors (Lipinski definition) is 1. The Morgan fingerprint density at radius 1 is 1.42 bits per heavy atom. The minimum atomic E-state index is 0.645. The average Bonchev–Trinajstić information content (AvgIpc) is 3.14. The molecule has 1 aliphatic heterocycles. The molecule has 0 bridgehead atoms. The molecule has 1 N–H and O–H groups in total. The van der Waals surface area contributed by atoms with Crippen LogP contribution in [0, 0.1) is 13.8 Å². The smallest absolute Gasteiger partial charge is 0.193 e. The Labute approximate surface area is 146 Å². The Balaban J connectivity index is 1.94. The first-order chi connectivity index (χ1) is 11.6. The Bertz CT molecular complexity index is 520. The van der Waals surface area contributed by atoms with E-state index >= 15 is 0 Å². The lowest BCUT2D eigenvalue weighted by molar-refractivity contribution is 0.232. The minimum absolute atomic E-state index is 0.645. The molecule has 6 heteroatoms. The van der Waals surface area contributed by atoms with Crippen molar-refractivity contribution >= 4 is 5.96 Å². The zero-order chi connectivity index (χ0) is 17.5. The number of guanidine groups is 1. The quantitative estimate of drug-likeness (QED) is 0.612. The van der Waals surface area contributed by atoms with Gasteiger partial charge in [0.05, 0.1) is 5.69 Å². The first-order valence-electron chi connectivity index (χ1n) is 9.22. The fourth-order valence-corrected chi connectivity index (χ4v) is 3.52. The van der Waals surface area contributed by atoms with Crippen molar-refractivity contribution < 1.29 is 4.52 Å². The maximum Gasteiger partial charge on any atom is 0.193 e. The van der Waals surface area contributed by atoms with Crippen molar-refractivity contribution in [1.82, 2.24) is 20.3 Å². The second-order valence-electron chi connectivity index (χ2n) is 6.59. The van der Waals surface area contributed by atoms with E-state index in [-0.39, 0.29) is 0 Å². The highest BCUT2D eigenvalue weighted by atomic mass is 16.5. The fourth-order valence-electron chi connectivity index (χ4n) is 3.52. The molecule has 1 atom stereocenters. The maximum atomic E-state index is 5.23. The zero-order valence-corrected chi connectivity index (χ0v) is 15.9. The largest absolute Gasteiger partial charge is 0.361 e. The van der Waals surface area contributed by atoms with Gasteiger partial charge in [0.25, 0.3) is 0 Å². The van der Waals surface area contributed by atoms with Gasteiger partial charge in [-0.05, 0) is 53.1 Å². The van der Waals surface area contributed by atoms with Crippen molar-refractivity contribution in [2.75, 3.05) is 39.8 Å². The lowest BCUT2D eigenvalue weighted by Gasteiger charge is -2.29. The third kappa shape index (κ3) is 4.72. The maximum absolute atomic E-state index is 5.23. The van der Waals surface area contributed by atoms with Crippen LogP contribution in [0.2, 0.25) is 0 Å². The van der Waals surface area contributed by atoms with E-state index in [0.717, 1.165) is 50.0 Å². The van der Waals surface area contributed by atoms with Crippen molar-refractivity contribution in [2.45, 2.75) is 53.0 Å². The molecule has 0 radical (unpaired) electrons. The predicted octanol–water partition coefficient (Wildman–Crippen LogP) is 2.22. The van der Waals surface area contributed by atoms with Crippen molar-refractivity contribution in [3.8, 4) is 0 Å². The van der Waals surface area contributed by atoms with Crippen molar-refractivity contribution in [1.29, 1.82) is 0 Å². The molecule has 0 spiro atoms. The molecule has 1 aliphatic rings. The lowest BCUT2D eigenvalue weighted by Crippen LogP contribution is -2.46. The summed E-state index contributed by atoms with van der Waals surface area (Å²) in [7, 11) is 2.14. The number of likely N-dealkylation sites (N-methyl/N-ethyl adjacent to an activating group) is 2. The number of likely N-dealkylation sites (tertiary alicyclic amines) is 1. The summed E-state index contributed by atoms with van der Waals surface area (Å²) in [6.45, 7) is 13.4. The van der Waals surface area contributed by atoms with Gasteiger partial charge in [0.15, 0.2) is 5.96 Å². The van der Waals surface area contributed by atoms with Crippen LogP contribution in [0.25, 0.3) is 0 Å². The summed E-state index contributed by atoms with van der Waals surface area (Å²) >= 11 is 0. The molecule has 1 aromatic rings. The van der Waals surface area contributed by atoms with Crippen LogP contribution in [-0.2, 0) is 6.42 Å². The highest BCUT2D eigenvalue weighted by Gasteiger charge is 2.24. The molecule has 0 amide bonds. The third-order valence-corrected chi connectivity index (χ3v) is 4.89. The molecule has 1 fully saturated rings. The number of aromatic nitrogens is 1. The predicted molar refractivity (Wildman–Crippen MR) is 98.6 cm³/mol. The van der Waals surface area contributed by atoms with E-state index in [4.69, 9.17) is 9.52 Å². The SMILES string of the molecule is CCNC(=NCCc1c(C)noc1C)N(C)CC1CCCN1CC. The van der Waals surface area contributed by atoms with Gasteiger partial charge in [-0.2, -0.15) is 0 Å². The molecular weight excluding hydrogens is 302 g/mol. The molecule has 0 aromatic carbocycles.